The highest BCUT2D eigenvalue weighted by atomic mass is 16.6. The first-order valence-electron chi connectivity index (χ1n) is 8.13. The van der Waals surface area contributed by atoms with E-state index < -0.39 is 24.1 Å². The third-order valence-corrected chi connectivity index (χ3v) is 5.25. The summed E-state index contributed by atoms with van der Waals surface area (Å²) in [4.78, 5) is 38.3. The highest BCUT2D eigenvalue weighted by molar-refractivity contribution is 6.04. The maximum atomic E-state index is 12.3. The van der Waals surface area contributed by atoms with Gasteiger partial charge < -0.3 is 18.9 Å². The van der Waals surface area contributed by atoms with E-state index in [1.165, 1.54) is 7.11 Å². The number of ether oxygens (including phenoxy) is 4. The summed E-state index contributed by atoms with van der Waals surface area (Å²) in [5.74, 6) is -1.88. The van der Waals surface area contributed by atoms with Crippen LogP contribution in [0.2, 0.25) is 0 Å². The van der Waals surface area contributed by atoms with Crippen LogP contribution < -0.4 is 0 Å². The van der Waals surface area contributed by atoms with E-state index in [0.717, 1.165) is 0 Å². The first-order valence-corrected chi connectivity index (χ1v) is 8.13. The van der Waals surface area contributed by atoms with Crippen LogP contribution in [0.3, 0.4) is 0 Å². The lowest BCUT2D eigenvalue weighted by Gasteiger charge is -2.28. The van der Waals surface area contributed by atoms with Gasteiger partial charge in [-0.25, -0.2) is 9.59 Å². The number of methoxy groups -OCH3 is 1. The van der Waals surface area contributed by atoms with Crippen LogP contribution in [0.4, 0.5) is 0 Å². The molecule has 3 fully saturated rings. The molecule has 130 valence electrons. The minimum absolute atomic E-state index is 0.169. The van der Waals surface area contributed by atoms with Crippen LogP contribution in [0.1, 0.15) is 6.42 Å². The number of morpholine rings is 1. The summed E-state index contributed by atoms with van der Waals surface area (Å²) in [6.45, 7) is 2.73. The Morgan fingerprint density at radius 1 is 1.25 bits per heavy atom. The second kappa shape index (κ2) is 5.86. The van der Waals surface area contributed by atoms with Crippen LogP contribution in [-0.4, -0.2) is 75.0 Å². The summed E-state index contributed by atoms with van der Waals surface area (Å²) >= 11 is 0. The van der Waals surface area contributed by atoms with E-state index in [4.69, 9.17) is 18.9 Å². The number of nitrogens with zero attached hydrogens (tertiary/aromatic N) is 1. The van der Waals surface area contributed by atoms with E-state index in [0.29, 0.717) is 43.9 Å². The van der Waals surface area contributed by atoms with E-state index in [9.17, 15) is 14.4 Å². The zero-order valence-electron chi connectivity index (χ0n) is 13.4. The average molecular weight is 337 g/mol. The number of rotatable bonds is 4. The molecule has 2 bridgehead atoms. The molecule has 0 N–H and O–H groups in total. The van der Waals surface area contributed by atoms with Crippen molar-refractivity contribution in [2.45, 2.75) is 18.6 Å². The predicted molar refractivity (Wildman–Crippen MR) is 77.7 cm³/mol. The van der Waals surface area contributed by atoms with Gasteiger partial charge in [-0.3, -0.25) is 9.69 Å². The predicted octanol–water partition coefficient (Wildman–Crippen LogP) is -0.725. The Labute approximate surface area is 138 Å². The van der Waals surface area contributed by atoms with Crippen molar-refractivity contribution in [3.63, 3.8) is 0 Å². The molecule has 0 aromatic rings. The first kappa shape index (κ1) is 15.6. The highest BCUT2D eigenvalue weighted by Gasteiger charge is 2.63. The highest BCUT2D eigenvalue weighted by Crippen LogP contribution is 2.55. The molecule has 0 aromatic carbocycles. The molecule has 2 saturated heterocycles. The molecular formula is C16H19NO7. The smallest absolute Gasteiger partial charge is 0.335 e. The van der Waals surface area contributed by atoms with Crippen LogP contribution in [0, 0.1) is 11.8 Å². The van der Waals surface area contributed by atoms with Gasteiger partial charge in [-0.2, -0.15) is 0 Å². The fourth-order valence-electron chi connectivity index (χ4n) is 4.21. The van der Waals surface area contributed by atoms with Gasteiger partial charge in [0.2, 0.25) is 0 Å². The molecule has 2 heterocycles. The molecule has 0 aromatic heterocycles. The van der Waals surface area contributed by atoms with Crippen molar-refractivity contribution >= 4 is 17.9 Å². The quantitative estimate of drug-likeness (QED) is 0.490. The number of hydrogen-bond donors (Lipinski definition) is 0. The van der Waals surface area contributed by atoms with Crippen LogP contribution in [0.15, 0.2) is 11.1 Å². The van der Waals surface area contributed by atoms with Crippen LogP contribution in [0.25, 0.3) is 0 Å². The van der Waals surface area contributed by atoms with Gasteiger partial charge in [0.05, 0.1) is 38.0 Å². The Morgan fingerprint density at radius 3 is 2.71 bits per heavy atom. The Balaban J connectivity index is 1.48. The Morgan fingerprint density at radius 2 is 2.00 bits per heavy atom. The van der Waals surface area contributed by atoms with Crippen molar-refractivity contribution in [2.24, 2.45) is 11.8 Å². The molecule has 0 radical (unpaired) electrons. The molecular weight excluding hydrogens is 318 g/mol. The number of carbonyl (C=O) groups excluding carboxylic acids is 3. The van der Waals surface area contributed by atoms with Crippen molar-refractivity contribution in [2.75, 3.05) is 40.0 Å². The van der Waals surface area contributed by atoms with E-state index in [1.54, 1.807) is 0 Å². The van der Waals surface area contributed by atoms with Crippen molar-refractivity contribution < 1.29 is 33.3 Å². The second-order valence-electron chi connectivity index (χ2n) is 6.48. The van der Waals surface area contributed by atoms with E-state index in [1.807, 2.05) is 4.90 Å². The number of fused-ring (bicyclic) bond motifs is 1. The monoisotopic (exact) mass is 337 g/mol. The maximum Gasteiger partial charge on any atom is 0.335 e. The van der Waals surface area contributed by atoms with Crippen LogP contribution in [-0.2, 0) is 33.3 Å². The average Bonchev–Trinajstić information content (AvgIpc) is 3.18. The van der Waals surface area contributed by atoms with Crippen molar-refractivity contribution in [3.8, 4) is 0 Å². The summed E-state index contributed by atoms with van der Waals surface area (Å²) in [7, 11) is 1.28. The second-order valence-corrected chi connectivity index (χ2v) is 6.48. The van der Waals surface area contributed by atoms with E-state index in [-0.39, 0.29) is 24.3 Å². The van der Waals surface area contributed by atoms with Gasteiger partial charge in [-0.1, -0.05) is 0 Å². The molecule has 2 aliphatic heterocycles. The molecule has 24 heavy (non-hydrogen) atoms. The Hall–Kier alpha value is -1.93. The first-order chi connectivity index (χ1) is 11.6. The molecule has 4 unspecified atom stereocenters. The zero-order chi connectivity index (χ0) is 16.8. The Bertz CT molecular complexity index is 622. The van der Waals surface area contributed by atoms with Crippen molar-refractivity contribution in [1.29, 1.82) is 0 Å². The third kappa shape index (κ3) is 2.32. The largest absolute Gasteiger partial charge is 0.466 e. The molecule has 4 aliphatic rings. The lowest BCUT2D eigenvalue weighted by atomic mass is 9.90. The molecule has 0 amide bonds. The van der Waals surface area contributed by atoms with E-state index in [2.05, 4.69) is 0 Å². The lowest BCUT2D eigenvalue weighted by Crippen LogP contribution is -2.43. The van der Waals surface area contributed by atoms with Gasteiger partial charge in [-0.05, 0) is 6.42 Å². The molecule has 4 atom stereocenters. The zero-order valence-corrected chi connectivity index (χ0v) is 13.4. The molecule has 4 rings (SSSR count). The van der Waals surface area contributed by atoms with Gasteiger partial charge in [0.1, 0.15) is 12.2 Å². The summed E-state index contributed by atoms with van der Waals surface area (Å²) in [6, 6.07) is 0. The van der Waals surface area contributed by atoms with Gasteiger partial charge in [-0.15, -0.1) is 0 Å². The van der Waals surface area contributed by atoms with Crippen LogP contribution in [0.5, 0.6) is 0 Å². The van der Waals surface area contributed by atoms with Crippen molar-refractivity contribution in [3.05, 3.63) is 11.1 Å². The summed E-state index contributed by atoms with van der Waals surface area (Å²) in [5, 5.41) is 0. The van der Waals surface area contributed by atoms with E-state index >= 15 is 0 Å². The summed E-state index contributed by atoms with van der Waals surface area (Å²) in [6.07, 6.45) is -0.488. The molecule has 1 saturated carbocycles. The molecule has 8 heteroatoms. The van der Waals surface area contributed by atoms with Gasteiger partial charge >= 0.3 is 17.9 Å². The molecule has 2 aliphatic carbocycles. The fraction of sp³-hybridized carbons (Fsp3) is 0.688. The van der Waals surface area contributed by atoms with Gasteiger partial charge in [0, 0.05) is 24.9 Å². The summed E-state index contributed by atoms with van der Waals surface area (Å²) in [5.41, 5.74) is 0.739. The molecule has 0 spiro atoms. The third-order valence-electron chi connectivity index (χ3n) is 5.25. The minimum Gasteiger partial charge on any atom is -0.466 e. The fourth-order valence-corrected chi connectivity index (χ4v) is 4.21. The van der Waals surface area contributed by atoms with Crippen LogP contribution >= 0.6 is 0 Å². The van der Waals surface area contributed by atoms with Gasteiger partial charge in [0.15, 0.2) is 0 Å². The number of hydrogen-bond acceptors (Lipinski definition) is 8. The number of esters is 3. The van der Waals surface area contributed by atoms with Gasteiger partial charge in [0.25, 0.3) is 0 Å². The Kier molecular flexibility index (Phi) is 3.80. The maximum absolute atomic E-state index is 12.3. The normalized spacial score (nSPS) is 34.5. The minimum atomic E-state index is -0.604. The lowest BCUT2D eigenvalue weighted by molar-refractivity contribution is -0.163. The van der Waals surface area contributed by atoms with Crippen molar-refractivity contribution in [1.82, 2.24) is 4.90 Å². The number of carbonyl (C=O) groups is 3. The standard InChI is InChI=1S/C16H19NO7/c1-21-15(19)11-8-6-9-12(11)16(20)24-14(9)13(8)23-10(18)7-17-2-4-22-5-3-17/h8-9,13-14H,2-7H2,1H3. The topological polar surface area (TPSA) is 91.4 Å². The molecule has 8 nitrogen and oxygen atoms in total. The summed E-state index contributed by atoms with van der Waals surface area (Å²) < 4.78 is 21.0. The SMILES string of the molecule is COC(=O)C1=C2C(=O)OC3C2CC1C3OC(=O)CN1CCOCC1.